The smallest absolute Gasteiger partial charge is 0.174 e. The van der Waals surface area contributed by atoms with E-state index in [1.165, 1.54) is 0 Å². The van der Waals surface area contributed by atoms with E-state index in [2.05, 4.69) is 11.1 Å². The van der Waals surface area contributed by atoms with Crippen LogP contribution in [0.1, 0.15) is 11.1 Å². The molecule has 4 rings (SSSR count). The van der Waals surface area contributed by atoms with Crippen molar-refractivity contribution in [2.24, 2.45) is 0 Å². The maximum absolute atomic E-state index is 9.74. The molecule has 0 amide bonds. The molecule has 3 aromatic heterocycles. The minimum absolute atomic E-state index is 0.0675. The molecule has 0 fully saturated rings. The van der Waals surface area contributed by atoms with E-state index in [0.717, 1.165) is 22.0 Å². The van der Waals surface area contributed by atoms with Crippen molar-refractivity contribution in [2.75, 3.05) is 6.61 Å². The summed E-state index contributed by atoms with van der Waals surface area (Å²) >= 11 is 0. The predicted molar refractivity (Wildman–Crippen MR) is 99.3 cm³/mol. The van der Waals surface area contributed by atoms with Crippen molar-refractivity contribution in [1.82, 2.24) is 9.38 Å². The zero-order valence-corrected chi connectivity index (χ0v) is 14.3. The van der Waals surface area contributed by atoms with Crippen molar-refractivity contribution >= 4 is 16.4 Å². The zero-order chi connectivity index (χ0) is 18.6. The Kier molecular flexibility index (Phi) is 4.30. The average Bonchev–Trinajstić information content (AvgIpc) is 3.05. The van der Waals surface area contributed by atoms with Gasteiger partial charge in [-0.3, -0.25) is 4.98 Å². The van der Waals surface area contributed by atoms with Gasteiger partial charge in [-0.25, -0.2) is 0 Å². The maximum Gasteiger partial charge on any atom is 0.174 e. The molecule has 27 heavy (non-hydrogen) atoms. The van der Waals surface area contributed by atoms with Crippen molar-refractivity contribution in [1.29, 1.82) is 10.5 Å². The van der Waals surface area contributed by atoms with Crippen LogP contribution in [0.3, 0.4) is 0 Å². The van der Waals surface area contributed by atoms with Crippen molar-refractivity contribution in [2.45, 2.75) is 6.61 Å². The summed E-state index contributed by atoms with van der Waals surface area (Å²) < 4.78 is 13.4. The van der Waals surface area contributed by atoms with Gasteiger partial charge in [0, 0.05) is 36.3 Å². The molecule has 0 aliphatic heterocycles. The van der Waals surface area contributed by atoms with E-state index in [9.17, 15) is 5.26 Å². The molecule has 0 spiro atoms. The fourth-order valence-electron chi connectivity index (χ4n) is 3.07. The molecule has 0 saturated carbocycles. The lowest BCUT2D eigenvalue weighted by atomic mass is 10.1. The molecule has 130 valence electrons. The van der Waals surface area contributed by atoms with Crippen LogP contribution in [0, 0.1) is 22.7 Å². The van der Waals surface area contributed by atoms with Gasteiger partial charge in [0.1, 0.15) is 30.2 Å². The van der Waals surface area contributed by atoms with Gasteiger partial charge in [0.2, 0.25) is 0 Å². The van der Waals surface area contributed by atoms with Gasteiger partial charge in [0.15, 0.2) is 6.61 Å². The Hall–Kier alpha value is -4.03. The monoisotopic (exact) mass is 354 g/mol. The molecule has 0 unspecified atom stereocenters. The topological polar surface area (TPSA) is 83.3 Å². The predicted octanol–water partition coefficient (Wildman–Crippen LogP) is 3.84. The van der Waals surface area contributed by atoms with Gasteiger partial charge in [-0.05, 0) is 18.2 Å². The van der Waals surface area contributed by atoms with Crippen LogP contribution in [0.25, 0.3) is 16.4 Å². The molecule has 0 aliphatic rings. The number of hydrogen-bond acceptors (Lipinski definition) is 5. The minimum Gasteiger partial charge on any atom is -0.488 e. The molecule has 6 nitrogen and oxygen atoms in total. The van der Waals surface area contributed by atoms with Gasteiger partial charge in [0.25, 0.3) is 0 Å². The van der Waals surface area contributed by atoms with E-state index >= 15 is 0 Å². The van der Waals surface area contributed by atoms with E-state index in [-0.39, 0.29) is 6.61 Å². The lowest BCUT2D eigenvalue weighted by Crippen LogP contribution is -1.99. The Morgan fingerprint density at radius 3 is 2.74 bits per heavy atom. The molecule has 0 bridgehead atoms. The Labute approximate surface area is 155 Å². The number of rotatable bonds is 5. The molecule has 6 heteroatoms. The Morgan fingerprint density at radius 2 is 1.96 bits per heavy atom. The second kappa shape index (κ2) is 7.07. The number of pyridine rings is 2. The highest BCUT2D eigenvalue weighted by Gasteiger charge is 2.18. The normalized spacial score (nSPS) is 10.4. The molecule has 0 saturated heterocycles. The third-order valence-electron chi connectivity index (χ3n) is 4.21. The third-order valence-corrected chi connectivity index (χ3v) is 4.21. The molecule has 0 atom stereocenters. The van der Waals surface area contributed by atoms with Crippen LogP contribution in [0.15, 0.2) is 61.1 Å². The second-order valence-corrected chi connectivity index (χ2v) is 5.85. The van der Waals surface area contributed by atoms with Crippen LogP contribution in [-0.4, -0.2) is 16.0 Å². The molecule has 0 radical (unpaired) electrons. The number of nitrogens with zero attached hydrogens (tertiary/aromatic N) is 4. The van der Waals surface area contributed by atoms with E-state index in [1.807, 2.05) is 53.1 Å². The molecule has 0 N–H and O–H groups in total. The van der Waals surface area contributed by atoms with E-state index in [4.69, 9.17) is 14.7 Å². The van der Waals surface area contributed by atoms with Gasteiger partial charge in [0.05, 0.1) is 22.0 Å². The van der Waals surface area contributed by atoms with Crippen molar-refractivity contribution in [3.8, 4) is 23.6 Å². The number of aromatic nitrogens is 2. The average molecular weight is 354 g/mol. The van der Waals surface area contributed by atoms with Gasteiger partial charge >= 0.3 is 0 Å². The highest BCUT2D eigenvalue weighted by atomic mass is 16.5. The first kappa shape index (κ1) is 16.4. The fourth-order valence-corrected chi connectivity index (χ4v) is 3.07. The first-order valence-electron chi connectivity index (χ1n) is 8.30. The van der Waals surface area contributed by atoms with Crippen molar-refractivity contribution in [3.63, 3.8) is 0 Å². The highest BCUT2D eigenvalue weighted by molar-refractivity contribution is 6.00. The summed E-state index contributed by atoms with van der Waals surface area (Å²) in [5, 5.41) is 19.3. The summed E-state index contributed by atoms with van der Waals surface area (Å²) in [6.07, 6.45) is 5.32. The number of ether oxygens (including phenoxy) is 2. The van der Waals surface area contributed by atoms with Gasteiger partial charge < -0.3 is 13.9 Å². The summed E-state index contributed by atoms with van der Waals surface area (Å²) in [5.74, 6) is 1.04. The molecule has 1 aromatic carbocycles. The Balaban J connectivity index is 1.89. The Morgan fingerprint density at radius 1 is 1.04 bits per heavy atom. The van der Waals surface area contributed by atoms with Crippen LogP contribution in [-0.2, 0) is 6.61 Å². The van der Waals surface area contributed by atoms with Crippen LogP contribution in [0.5, 0.6) is 11.5 Å². The molecular weight excluding hydrogens is 340 g/mol. The SMILES string of the molecule is N#CCOc1cc(OCc2cccnc2)c2c(C#N)c3ccccn3c2c1. The first-order chi connectivity index (χ1) is 13.3. The second-order valence-electron chi connectivity index (χ2n) is 5.85. The number of hydrogen-bond donors (Lipinski definition) is 0. The van der Waals surface area contributed by atoms with Crippen LogP contribution < -0.4 is 9.47 Å². The molecular formula is C21H14N4O2. The van der Waals surface area contributed by atoms with E-state index in [1.54, 1.807) is 18.5 Å². The minimum atomic E-state index is -0.0675. The molecule has 3 heterocycles. The quantitative estimate of drug-likeness (QED) is 0.544. The summed E-state index contributed by atoms with van der Waals surface area (Å²) in [6, 6.07) is 17.2. The highest BCUT2D eigenvalue weighted by Crippen LogP contribution is 2.37. The summed E-state index contributed by atoms with van der Waals surface area (Å²) in [5.41, 5.74) is 3.03. The van der Waals surface area contributed by atoms with Crippen LogP contribution in [0.2, 0.25) is 0 Å². The zero-order valence-electron chi connectivity index (χ0n) is 14.3. The first-order valence-corrected chi connectivity index (χ1v) is 8.30. The number of nitriles is 2. The van der Waals surface area contributed by atoms with Crippen molar-refractivity contribution < 1.29 is 9.47 Å². The van der Waals surface area contributed by atoms with Crippen LogP contribution in [0.4, 0.5) is 0 Å². The lowest BCUT2D eigenvalue weighted by Gasteiger charge is -2.11. The van der Waals surface area contributed by atoms with Gasteiger partial charge in [-0.2, -0.15) is 10.5 Å². The largest absolute Gasteiger partial charge is 0.488 e. The fraction of sp³-hybridized carbons (Fsp3) is 0.0952. The summed E-state index contributed by atoms with van der Waals surface area (Å²) in [6.45, 7) is 0.240. The van der Waals surface area contributed by atoms with E-state index in [0.29, 0.717) is 23.7 Å². The third kappa shape index (κ3) is 3.01. The van der Waals surface area contributed by atoms with Crippen molar-refractivity contribution in [3.05, 3.63) is 72.2 Å². The maximum atomic E-state index is 9.74. The van der Waals surface area contributed by atoms with E-state index < -0.39 is 0 Å². The number of benzene rings is 1. The summed E-state index contributed by atoms with van der Waals surface area (Å²) in [7, 11) is 0. The van der Waals surface area contributed by atoms with Gasteiger partial charge in [-0.1, -0.05) is 12.1 Å². The lowest BCUT2D eigenvalue weighted by molar-refractivity contribution is 0.305. The van der Waals surface area contributed by atoms with Gasteiger partial charge in [-0.15, -0.1) is 0 Å². The molecule has 0 aliphatic carbocycles. The number of fused-ring (bicyclic) bond motifs is 3. The Bertz CT molecular complexity index is 1200. The standard InChI is InChI=1S/C21H14N4O2/c22-6-9-26-16-10-19-21(17(12-23)18-5-1-2-8-25(18)19)20(11-16)27-14-15-4-3-7-24-13-15/h1-5,7-8,10-11,13H,9,14H2. The molecule has 4 aromatic rings. The van der Waals surface area contributed by atoms with Crippen LogP contribution >= 0.6 is 0 Å². The summed E-state index contributed by atoms with van der Waals surface area (Å²) in [4.78, 5) is 4.09.